The number of alkyl carbamates (subject to hydrolysis) is 1. The Morgan fingerprint density at radius 2 is 1.78 bits per heavy atom. The van der Waals surface area contributed by atoms with Gasteiger partial charge in [0.2, 0.25) is 0 Å². The first-order valence-electron chi connectivity index (χ1n) is 7.95. The summed E-state index contributed by atoms with van der Waals surface area (Å²) in [6, 6.07) is 7.66. The van der Waals surface area contributed by atoms with E-state index in [1.807, 2.05) is 32.9 Å². The predicted octanol–water partition coefficient (Wildman–Crippen LogP) is 2.52. The topological polar surface area (TPSA) is 79.5 Å². The molecule has 0 unspecified atom stereocenters. The SMILES string of the molecule is CC(C)(C)OC(=O)NCCNc1ccc(C(=O)NC2CC2)cc1. The van der Waals surface area contributed by atoms with Crippen LogP contribution in [-0.4, -0.2) is 36.7 Å². The van der Waals surface area contributed by atoms with Gasteiger partial charge in [-0.25, -0.2) is 4.79 Å². The van der Waals surface area contributed by atoms with Crippen molar-refractivity contribution in [1.29, 1.82) is 0 Å². The highest BCUT2D eigenvalue weighted by atomic mass is 16.6. The molecule has 0 atom stereocenters. The van der Waals surface area contributed by atoms with Gasteiger partial charge in [-0.3, -0.25) is 4.79 Å². The van der Waals surface area contributed by atoms with Crippen molar-refractivity contribution >= 4 is 17.7 Å². The van der Waals surface area contributed by atoms with Gasteiger partial charge < -0.3 is 20.7 Å². The minimum Gasteiger partial charge on any atom is -0.444 e. The van der Waals surface area contributed by atoms with Crippen molar-refractivity contribution in [3.05, 3.63) is 29.8 Å². The second-order valence-corrected chi connectivity index (χ2v) is 6.68. The molecule has 23 heavy (non-hydrogen) atoms. The number of hydrogen-bond donors (Lipinski definition) is 3. The zero-order valence-corrected chi connectivity index (χ0v) is 13.9. The Labute approximate surface area is 137 Å². The molecule has 0 heterocycles. The highest BCUT2D eigenvalue weighted by molar-refractivity contribution is 5.94. The summed E-state index contributed by atoms with van der Waals surface area (Å²) in [7, 11) is 0. The van der Waals surface area contributed by atoms with Crippen LogP contribution < -0.4 is 16.0 Å². The number of anilines is 1. The molecule has 1 aromatic rings. The third-order valence-electron chi connectivity index (χ3n) is 3.18. The van der Waals surface area contributed by atoms with E-state index in [0.717, 1.165) is 18.5 Å². The number of hydrogen-bond acceptors (Lipinski definition) is 4. The molecular weight excluding hydrogens is 294 g/mol. The predicted molar refractivity (Wildman–Crippen MR) is 89.7 cm³/mol. The molecule has 0 aromatic heterocycles. The van der Waals surface area contributed by atoms with Gasteiger partial charge in [-0.1, -0.05) is 0 Å². The average molecular weight is 319 g/mol. The molecule has 0 bridgehead atoms. The van der Waals surface area contributed by atoms with Crippen LogP contribution in [-0.2, 0) is 4.74 Å². The largest absolute Gasteiger partial charge is 0.444 e. The molecule has 3 N–H and O–H groups in total. The minimum absolute atomic E-state index is 0.0226. The maximum Gasteiger partial charge on any atom is 0.407 e. The normalized spacial score (nSPS) is 14.0. The van der Waals surface area contributed by atoms with Crippen molar-refractivity contribution in [2.75, 3.05) is 18.4 Å². The van der Waals surface area contributed by atoms with Gasteiger partial charge in [0, 0.05) is 30.4 Å². The van der Waals surface area contributed by atoms with Crippen LogP contribution in [0.5, 0.6) is 0 Å². The number of nitrogens with one attached hydrogen (secondary N) is 3. The number of rotatable bonds is 6. The standard InChI is InChI=1S/C17H25N3O3/c1-17(2,3)23-16(22)19-11-10-18-13-6-4-12(5-7-13)15(21)20-14-8-9-14/h4-7,14,18H,8-11H2,1-3H3,(H,19,22)(H,20,21). The van der Waals surface area contributed by atoms with Crippen LogP contribution in [0.4, 0.5) is 10.5 Å². The zero-order valence-electron chi connectivity index (χ0n) is 13.9. The summed E-state index contributed by atoms with van der Waals surface area (Å²) in [6.07, 6.45) is 1.73. The summed E-state index contributed by atoms with van der Waals surface area (Å²) < 4.78 is 5.15. The third kappa shape index (κ3) is 6.59. The number of benzene rings is 1. The smallest absolute Gasteiger partial charge is 0.407 e. The van der Waals surface area contributed by atoms with E-state index < -0.39 is 11.7 Å². The van der Waals surface area contributed by atoms with Gasteiger partial charge in [-0.05, 0) is 57.9 Å². The summed E-state index contributed by atoms with van der Waals surface area (Å²) >= 11 is 0. The van der Waals surface area contributed by atoms with Crippen molar-refractivity contribution in [3.63, 3.8) is 0 Å². The van der Waals surface area contributed by atoms with Gasteiger partial charge in [-0.2, -0.15) is 0 Å². The molecule has 126 valence electrons. The van der Waals surface area contributed by atoms with E-state index in [1.54, 1.807) is 12.1 Å². The van der Waals surface area contributed by atoms with E-state index >= 15 is 0 Å². The summed E-state index contributed by atoms with van der Waals surface area (Å²) in [5.41, 5.74) is 1.07. The molecule has 1 aliphatic carbocycles. The molecule has 2 rings (SSSR count). The van der Waals surface area contributed by atoms with Crippen molar-refractivity contribution in [1.82, 2.24) is 10.6 Å². The van der Waals surface area contributed by atoms with Crippen molar-refractivity contribution in [3.8, 4) is 0 Å². The van der Waals surface area contributed by atoms with Gasteiger partial charge in [0.05, 0.1) is 0 Å². The Bertz CT molecular complexity index is 545. The lowest BCUT2D eigenvalue weighted by atomic mass is 10.2. The Hall–Kier alpha value is -2.24. The van der Waals surface area contributed by atoms with Crippen LogP contribution in [0.3, 0.4) is 0 Å². The molecule has 0 saturated heterocycles. The van der Waals surface area contributed by atoms with Crippen molar-refractivity contribution in [2.24, 2.45) is 0 Å². The van der Waals surface area contributed by atoms with Crippen LogP contribution in [0, 0.1) is 0 Å². The summed E-state index contributed by atoms with van der Waals surface area (Å²) in [5, 5.41) is 8.81. The van der Waals surface area contributed by atoms with Crippen LogP contribution in [0.1, 0.15) is 44.0 Å². The zero-order chi connectivity index (χ0) is 16.9. The lowest BCUT2D eigenvalue weighted by Crippen LogP contribution is -2.35. The third-order valence-corrected chi connectivity index (χ3v) is 3.18. The number of carbonyl (C=O) groups is 2. The van der Waals surface area contributed by atoms with E-state index in [0.29, 0.717) is 24.7 Å². The van der Waals surface area contributed by atoms with Gasteiger partial charge in [0.1, 0.15) is 5.60 Å². The van der Waals surface area contributed by atoms with Crippen LogP contribution in [0.25, 0.3) is 0 Å². The molecule has 0 radical (unpaired) electrons. The maximum atomic E-state index is 11.9. The first-order valence-corrected chi connectivity index (χ1v) is 7.95. The van der Waals surface area contributed by atoms with E-state index in [9.17, 15) is 9.59 Å². The van der Waals surface area contributed by atoms with E-state index in [-0.39, 0.29) is 5.91 Å². The molecule has 0 aliphatic heterocycles. The average Bonchev–Trinajstić information content (AvgIpc) is 3.26. The van der Waals surface area contributed by atoms with Gasteiger partial charge >= 0.3 is 6.09 Å². The minimum atomic E-state index is -0.492. The molecule has 2 amide bonds. The molecular formula is C17H25N3O3. The molecule has 0 spiro atoms. The Morgan fingerprint density at radius 3 is 2.35 bits per heavy atom. The van der Waals surface area contributed by atoms with Crippen LogP contribution >= 0.6 is 0 Å². The molecule has 1 saturated carbocycles. The van der Waals surface area contributed by atoms with Gasteiger partial charge in [0.25, 0.3) is 5.91 Å². The highest BCUT2D eigenvalue weighted by Gasteiger charge is 2.23. The fraction of sp³-hybridized carbons (Fsp3) is 0.529. The van der Waals surface area contributed by atoms with E-state index in [1.165, 1.54) is 0 Å². The maximum absolute atomic E-state index is 11.9. The van der Waals surface area contributed by atoms with E-state index in [2.05, 4.69) is 16.0 Å². The molecule has 1 aliphatic rings. The lowest BCUT2D eigenvalue weighted by molar-refractivity contribution is 0.0530. The second kappa shape index (κ2) is 7.35. The summed E-state index contributed by atoms with van der Waals surface area (Å²) in [4.78, 5) is 23.3. The summed E-state index contributed by atoms with van der Waals surface area (Å²) in [6.45, 7) is 6.51. The Kier molecular flexibility index (Phi) is 5.47. The van der Waals surface area contributed by atoms with Crippen LogP contribution in [0.2, 0.25) is 0 Å². The monoisotopic (exact) mass is 319 g/mol. The highest BCUT2D eigenvalue weighted by Crippen LogP contribution is 2.19. The van der Waals surface area contributed by atoms with Crippen molar-refractivity contribution in [2.45, 2.75) is 45.3 Å². The first kappa shape index (κ1) is 17.1. The first-order chi connectivity index (χ1) is 10.8. The molecule has 1 fully saturated rings. The second-order valence-electron chi connectivity index (χ2n) is 6.68. The van der Waals surface area contributed by atoms with Crippen molar-refractivity contribution < 1.29 is 14.3 Å². The number of ether oxygens (including phenoxy) is 1. The number of carbonyl (C=O) groups excluding carboxylic acids is 2. The molecule has 6 heteroatoms. The molecule has 1 aromatic carbocycles. The Balaban J connectivity index is 1.67. The lowest BCUT2D eigenvalue weighted by Gasteiger charge is -2.19. The van der Waals surface area contributed by atoms with Gasteiger partial charge in [-0.15, -0.1) is 0 Å². The van der Waals surface area contributed by atoms with Gasteiger partial charge in [0.15, 0.2) is 0 Å². The van der Waals surface area contributed by atoms with E-state index in [4.69, 9.17) is 4.74 Å². The fourth-order valence-corrected chi connectivity index (χ4v) is 1.92. The summed E-state index contributed by atoms with van der Waals surface area (Å²) in [5.74, 6) is -0.0226. The quantitative estimate of drug-likeness (QED) is 0.704. The Morgan fingerprint density at radius 1 is 1.13 bits per heavy atom. The number of amides is 2. The fourth-order valence-electron chi connectivity index (χ4n) is 1.92. The molecule has 6 nitrogen and oxygen atoms in total. The van der Waals surface area contributed by atoms with Crippen LogP contribution in [0.15, 0.2) is 24.3 Å².